The van der Waals surface area contributed by atoms with E-state index in [1.165, 1.54) is 100 Å². The normalized spacial score (nSPS) is 12.0. The number of anilines is 1. The van der Waals surface area contributed by atoms with E-state index in [0.717, 1.165) is 12.1 Å². The molecule has 0 saturated carbocycles. The molecule has 0 saturated heterocycles. The second-order valence-electron chi connectivity index (χ2n) is 9.16. The maximum absolute atomic E-state index is 6.59. The van der Waals surface area contributed by atoms with Gasteiger partial charge in [-0.25, -0.2) is 0 Å². The van der Waals surface area contributed by atoms with Crippen LogP contribution in [0, 0.1) is 0 Å². The molecule has 0 bridgehead atoms. The Morgan fingerprint density at radius 1 is 0.581 bits per heavy atom. The highest BCUT2D eigenvalue weighted by Crippen LogP contribution is 2.43. The van der Waals surface area contributed by atoms with Crippen LogP contribution in [0.15, 0.2) is 60.7 Å². The van der Waals surface area contributed by atoms with Crippen molar-refractivity contribution in [2.24, 2.45) is 0 Å². The van der Waals surface area contributed by atoms with Crippen molar-refractivity contribution in [3.05, 3.63) is 66.2 Å². The standard InChI is InChI=1S/C30H33N/c1-2-3-4-5-6-7-8-9-13-22-20-27(31)25-18-12-17-24-23-16-10-14-21-15-11-19-26(28(21)23)29(22)30(24)25/h10-12,14-20H,2-9,13,31H2,1H3. The van der Waals surface area contributed by atoms with Crippen molar-refractivity contribution in [2.45, 2.75) is 64.7 Å². The van der Waals surface area contributed by atoms with Crippen LogP contribution >= 0.6 is 0 Å². The first-order chi connectivity index (χ1) is 15.3. The highest BCUT2D eigenvalue weighted by atomic mass is 14.6. The summed E-state index contributed by atoms with van der Waals surface area (Å²) in [5.41, 5.74) is 8.93. The van der Waals surface area contributed by atoms with Gasteiger partial charge in [-0.3, -0.25) is 0 Å². The highest BCUT2D eigenvalue weighted by Gasteiger charge is 2.16. The molecule has 0 radical (unpaired) electrons. The Balaban J connectivity index is 1.55. The molecule has 0 aliphatic heterocycles. The fourth-order valence-corrected chi connectivity index (χ4v) is 5.51. The van der Waals surface area contributed by atoms with Gasteiger partial charge in [-0.05, 0) is 62.2 Å². The van der Waals surface area contributed by atoms with Crippen molar-refractivity contribution in [1.82, 2.24) is 0 Å². The van der Waals surface area contributed by atoms with Gasteiger partial charge in [0.2, 0.25) is 0 Å². The molecule has 0 amide bonds. The predicted octanol–water partition coefficient (Wildman–Crippen LogP) is 9.00. The molecule has 0 aromatic heterocycles. The van der Waals surface area contributed by atoms with E-state index in [0.29, 0.717) is 0 Å². The summed E-state index contributed by atoms with van der Waals surface area (Å²) in [6.07, 6.45) is 11.9. The van der Waals surface area contributed by atoms with Gasteiger partial charge in [0.15, 0.2) is 0 Å². The fraction of sp³-hybridized carbons (Fsp3) is 0.333. The highest BCUT2D eigenvalue weighted by molar-refractivity contribution is 6.34. The van der Waals surface area contributed by atoms with Crippen LogP contribution in [-0.2, 0) is 6.42 Å². The van der Waals surface area contributed by atoms with E-state index in [2.05, 4.69) is 67.6 Å². The summed E-state index contributed by atoms with van der Waals surface area (Å²) in [7, 11) is 0. The van der Waals surface area contributed by atoms with Crippen LogP contribution in [0.1, 0.15) is 63.9 Å². The SMILES string of the molecule is CCCCCCCCCCc1cc(N)c2cccc3c4cccc5cccc(c1c23)c54. The molecule has 0 aliphatic rings. The lowest BCUT2D eigenvalue weighted by atomic mass is 9.86. The van der Waals surface area contributed by atoms with Crippen LogP contribution in [0.5, 0.6) is 0 Å². The third-order valence-corrected chi connectivity index (χ3v) is 7.04. The first-order valence-electron chi connectivity index (χ1n) is 12.2. The van der Waals surface area contributed by atoms with Crippen molar-refractivity contribution < 1.29 is 0 Å². The molecule has 0 aliphatic carbocycles. The molecular formula is C30H33N. The number of nitrogens with two attached hydrogens (primary N) is 1. The molecule has 5 aromatic rings. The summed E-state index contributed by atoms with van der Waals surface area (Å²) in [6, 6.07) is 22.3. The molecule has 0 atom stereocenters. The van der Waals surface area contributed by atoms with E-state index < -0.39 is 0 Å². The number of rotatable bonds is 9. The van der Waals surface area contributed by atoms with Gasteiger partial charge in [-0.15, -0.1) is 0 Å². The zero-order valence-electron chi connectivity index (χ0n) is 18.7. The van der Waals surface area contributed by atoms with Crippen molar-refractivity contribution in [1.29, 1.82) is 0 Å². The minimum absolute atomic E-state index is 0.918. The average Bonchev–Trinajstić information content (AvgIpc) is 2.80. The Hall–Kier alpha value is -2.80. The van der Waals surface area contributed by atoms with Gasteiger partial charge >= 0.3 is 0 Å². The van der Waals surface area contributed by atoms with E-state index in [1.807, 2.05) is 0 Å². The second kappa shape index (κ2) is 8.75. The van der Waals surface area contributed by atoms with Crippen LogP contribution in [0.4, 0.5) is 5.69 Å². The van der Waals surface area contributed by atoms with Gasteiger partial charge < -0.3 is 5.73 Å². The lowest BCUT2D eigenvalue weighted by molar-refractivity contribution is 0.576. The lowest BCUT2D eigenvalue weighted by Crippen LogP contribution is -1.97. The number of unbranched alkanes of at least 4 members (excludes halogenated alkanes) is 7. The number of aryl methyl sites for hydroxylation is 1. The summed E-state index contributed by atoms with van der Waals surface area (Å²) < 4.78 is 0. The second-order valence-corrected chi connectivity index (χ2v) is 9.16. The van der Waals surface area contributed by atoms with Gasteiger partial charge in [-0.2, -0.15) is 0 Å². The van der Waals surface area contributed by atoms with Gasteiger partial charge in [0.1, 0.15) is 0 Å². The molecule has 2 N–H and O–H groups in total. The van der Waals surface area contributed by atoms with Crippen LogP contribution in [-0.4, -0.2) is 0 Å². The molecule has 0 spiro atoms. The Labute approximate surface area is 185 Å². The fourth-order valence-electron chi connectivity index (χ4n) is 5.51. The van der Waals surface area contributed by atoms with Crippen LogP contribution in [0.3, 0.4) is 0 Å². The molecule has 1 heteroatoms. The summed E-state index contributed by atoms with van der Waals surface area (Å²) in [6.45, 7) is 2.28. The van der Waals surface area contributed by atoms with E-state index in [-0.39, 0.29) is 0 Å². The predicted molar refractivity (Wildman–Crippen MR) is 138 cm³/mol. The Morgan fingerprint density at radius 2 is 1.16 bits per heavy atom. The lowest BCUT2D eigenvalue weighted by Gasteiger charge is -2.18. The summed E-state index contributed by atoms with van der Waals surface area (Å²) in [5.74, 6) is 0. The van der Waals surface area contributed by atoms with Crippen molar-refractivity contribution >= 4 is 48.8 Å². The van der Waals surface area contributed by atoms with Crippen molar-refractivity contribution in [3.63, 3.8) is 0 Å². The maximum atomic E-state index is 6.59. The minimum atomic E-state index is 0.918. The molecule has 5 rings (SSSR count). The molecule has 0 unspecified atom stereocenters. The van der Waals surface area contributed by atoms with Crippen LogP contribution in [0.2, 0.25) is 0 Å². The molecule has 1 nitrogen and oxygen atoms in total. The van der Waals surface area contributed by atoms with E-state index in [4.69, 9.17) is 5.73 Å². The third kappa shape index (κ3) is 3.61. The van der Waals surface area contributed by atoms with Crippen LogP contribution in [0.25, 0.3) is 43.1 Å². The van der Waals surface area contributed by atoms with Gasteiger partial charge in [0.05, 0.1) is 0 Å². The number of nitrogen functional groups attached to an aromatic ring is 1. The van der Waals surface area contributed by atoms with Gasteiger partial charge in [-0.1, -0.05) is 106 Å². The van der Waals surface area contributed by atoms with E-state index in [1.54, 1.807) is 0 Å². The Morgan fingerprint density at radius 3 is 1.90 bits per heavy atom. The first-order valence-corrected chi connectivity index (χ1v) is 12.2. The monoisotopic (exact) mass is 407 g/mol. The third-order valence-electron chi connectivity index (χ3n) is 7.04. The van der Waals surface area contributed by atoms with Gasteiger partial charge in [0.25, 0.3) is 0 Å². The van der Waals surface area contributed by atoms with E-state index in [9.17, 15) is 0 Å². The first kappa shape index (κ1) is 20.1. The number of hydrogen-bond acceptors (Lipinski definition) is 1. The quantitative estimate of drug-likeness (QED) is 0.112. The average molecular weight is 408 g/mol. The van der Waals surface area contributed by atoms with Crippen molar-refractivity contribution in [3.8, 4) is 0 Å². The zero-order valence-corrected chi connectivity index (χ0v) is 18.7. The molecule has 158 valence electrons. The maximum Gasteiger partial charge on any atom is 0.0397 e. The molecular weight excluding hydrogens is 374 g/mol. The summed E-state index contributed by atoms with van der Waals surface area (Å²) >= 11 is 0. The molecule has 0 fully saturated rings. The summed E-state index contributed by atoms with van der Waals surface area (Å²) in [5, 5.41) is 10.7. The zero-order chi connectivity index (χ0) is 21.2. The summed E-state index contributed by atoms with van der Waals surface area (Å²) in [4.78, 5) is 0. The molecule has 0 heterocycles. The topological polar surface area (TPSA) is 26.0 Å². The number of hydrogen-bond donors (Lipinski definition) is 1. The number of fused-ring (bicyclic) bond motifs is 2. The Bertz CT molecular complexity index is 1330. The largest absolute Gasteiger partial charge is 0.398 e. The molecule has 31 heavy (non-hydrogen) atoms. The smallest absolute Gasteiger partial charge is 0.0397 e. The molecule has 5 aromatic carbocycles. The van der Waals surface area contributed by atoms with E-state index >= 15 is 0 Å². The van der Waals surface area contributed by atoms with Crippen molar-refractivity contribution in [2.75, 3.05) is 5.73 Å². The number of benzene rings is 5. The van der Waals surface area contributed by atoms with Crippen LogP contribution < -0.4 is 5.73 Å². The Kier molecular flexibility index (Phi) is 5.68. The minimum Gasteiger partial charge on any atom is -0.398 e. The van der Waals surface area contributed by atoms with Gasteiger partial charge in [0, 0.05) is 11.1 Å².